The van der Waals surface area contributed by atoms with Gasteiger partial charge in [-0.1, -0.05) is 17.7 Å². The number of carboxylic acids is 1. The summed E-state index contributed by atoms with van der Waals surface area (Å²) in [4.78, 5) is 13.8. The number of aliphatic carboxylic acids is 1. The molecule has 3 saturated heterocycles. The third kappa shape index (κ3) is 4.10. The molecule has 158 valence electrons. The van der Waals surface area contributed by atoms with Crippen LogP contribution in [0.4, 0.5) is 0 Å². The van der Waals surface area contributed by atoms with Crippen LogP contribution in [0.2, 0.25) is 5.02 Å². The predicted octanol–water partition coefficient (Wildman–Crippen LogP) is 3.23. The smallest absolute Gasteiger partial charge is 0.327 e. The van der Waals surface area contributed by atoms with Gasteiger partial charge in [0.15, 0.2) is 0 Å². The van der Waals surface area contributed by atoms with E-state index in [1.165, 1.54) is 0 Å². The summed E-state index contributed by atoms with van der Waals surface area (Å²) >= 11 is 5.96. The van der Waals surface area contributed by atoms with Crippen LogP contribution >= 0.6 is 11.6 Å². The fourth-order valence-electron chi connectivity index (χ4n) is 5.57. The molecule has 4 rings (SSSR count). The molecule has 0 bridgehead atoms. The molecule has 29 heavy (non-hydrogen) atoms. The van der Waals surface area contributed by atoms with Gasteiger partial charge in [-0.2, -0.15) is 4.31 Å². The van der Waals surface area contributed by atoms with Crippen molar-refractivity contribution in [2.75, 3.05) is 19.6 Å². The van der Waals surface area contributed by atoms with Gasteiger partial charge in [0.2, 0.25) is 10.0 Å². The van der Waals surface area contributed by atoms with Crippen LogP contribution in [-0.2, 0) is 14.8 Å². The summed E-state index contributed by atoms with van der Waals surface area (Å²) in [6.07, 6.45) is 7.34. The highest BCUT2D eigenvalue weighted by Crippen LogP contribution is 2.44. The lowest BCUT2D eigenvalue weighted by Crippen LogP contribution is -2.65. The summed E-state index contributed by atoms with van der Waals surface area (Å²) in [6, 6.07) is 6.49. The van der Waals surface area contributed by atoms with Crippen molar-refractivity contribution in [3.63, 3.8) is 0 Å². The SMILES string of the molecule is O=C(O)/C=C/C[C@@H]1[C@H]2CCCN3CCC[C@@H](CN1S(=O)(=O)c1ccc(Cl)cc1)[C@@H]23. The number of hydrogen-bond donors (Lipinski definition) is 1. The highest BCUT2D eigenvalue weighted by atomic mass is 35.5. The topological polar surface area (TPSA) is 77.9 Å². The van der Waals surface area contributed by atoms with Gasteiger partial charge in [-0.3, -0.25) is 4.90 Å². The van der Waals surface area contributed by atoms with Gasteiger partial charge < -0.3 is 5.11 Å². The first-order valence-electron chi connectivity index (χ1n) is 10.3. The van der Waals surface area contributed by atoms with Gasteiger partial charge in [0.1, 0.15) is 0 Å². The van der Waals surface area contributed by atoms with Crippen LogP contribution < -0.4 is 0 Å². The van der Waals surface area contributed by atoms with Crippen LogP contribution in [0.5, 0.6) is 0 Å². The largest absolute Gasteiger partial charge is 0.478 e. The van der Waals surface area contributed by atoms with E-state index in [0.717, 1.165) is 44.8 Å². The van der Waals surface area contributed by atoms with E-state index < -0.39 is 16.0 Å². The molecule has 3 fully saturated rings. The molecule has 0 aliphatic carbocycles. The van der Waals surface area contributed by atoms with Gasteiger partial charge in [-0.15, -0.1) is 0 Å². The Labute approximate surface area is 177 Å². The molecule has 3 aliphatic heterocycles. The molecule has 0 saturated carbocycles. The zero-order valence-corrected chi connectivity index (χ0v) is 17.9. The molecule has 1 N–H and O–H groups in total. The lowest BCUT2D eigenvalue weighted by molar-refractivity contribution is -0.131. The molecule has 4 atom stereocenters. The standard InChI is InChI=1S/C21H27ClN2O4S/c22-16-8-10-17(11-9-16)29(27,28)24-14-15-4-2-12-23-13-3-5-18(21(15)23)19(24)6-1-7-20(25)26/h1,7-11,15,18-19,21H,2-6,12-14H2,(H,25,26)/b7-1+/t15-,18+,19+,21-/m0/s1. The van der Waals surface area contributed by atoms with Crippen molar-refractivity contribution in [2.24, 2.45) is 11.8 Å². The maximum Gasteiger partial charge on any atom is 0.327 e. The number of benzene rings is 1. The Kier molecular flexibility index (Phi) is 6.02. The van der Waals surface area contributed by atoms with Gasteiger partial charge in [-0.05, 0) is 81.3 Å². The van der Waals surface area contributed by atoms with Crippen LogP contribution in [-0.4, -0.2) is 60.4 Å². The molecule has 1 aromatic carbocycles. The minimum Gasteiger partial charge on any atom is -0.478 e. The normalized spacial score (nSPS) is 30.9. The molecule has 0 radical (unpaired) electrons. The second kappa shape index (κ2) is 8.38. The summed E-state index contributed by atoms with van der Waals surface area (Å²) in [5, 5.41) is 9.50. The summed E-state index contributed by atoms with van der Waals surface area (Å²) in [5.41, 5.74) is 0. The fourth-order valence-corrected chi connectivity index (χ4v) is 7.44. The third-order valence-electron chi connectivity index (χ3n) is 6.68. The van der Waals surface area contributed by atoms with E-state index in [1.807, 2.05) is 0 Å². The molecule has 1 aromatic rings. The second-order valence-electron chi connectivity index (χ2n) is 8.31. The number of carboxylic acid groups (broad SMARTS) is 1. The first kappa shape index (κ1) is 20.8. The van der Waals surface area contributed by atoms with Crippen LogP contribution in [0.3, 0.4) is 0 Å². The Morgan fingerprint density at radius 2 is 1.86 bits per heavy atom. The van der Waals surface area contributed by atoms with E-state index >= 15 is 0 Å². The second-order valence-corrected chi connectivity index (χ2v) is 10.6. The Balaban J connectivity index is 1.71. The van der Waals surface area contributed by atoms with Crippen molar-refractivity contribution in [3.8, 4) is 0 Å². The number of piperidine rings is 3. The van der Waals surface area contributed by atoms with Gasteiger partial charge in [0, 0.05) is 29.7 Å². The summed E-state index contributed by atoms with van der Waals surface area (Å²) in [5.74, 6) is -0.451. The van der Waals surface area contributed by atoms with Crippen LogP contribution in [0.1, 0.15) is 32.1 Å². The van der Waals surface area contributed by atoms with Crippen LogP contribution in [0.15, 0.2) is 41.3 Å². The zero-order valence-electron chi connectivity index (χ0n) is 16.3. The molecule has 0 amide bonds. The number of halogens is 1. The Morgan fingerprint density at radius 1 is 1.17 bits per heavy atom. The highest BCUT2D eigenvalue weighted by molar-refractivity contribution is 7.89. The van der Waals surface area contributed by atoms with E-state index in [4.69, 9.17) is 16.7 Å². The maximum absolute atomic E-state index is 13.6. The zero-order chi connectivity index (χ0) is 20.6. The average Bonchev–Trinajstić information content (AvgIpc) is 2.69. The van der Waals surface area contributed by atoms with E-state index in [2.05, 4.69) is 4.90 Å². The van der Waals surface area contributed by atoms with E-state index in [1.54, 1.807) is 34.6 Å². The number of rotatable bonds is 5. The van der Waals surface area contributed by atoms with E-state index in [9.17, 15) is 13.2 Å². The average molecular weight is 439 g/mol. The number of nitrogens with zero attached hydrogens (tertiary/aromatic N) is 2. The van der Waals surface area contributed by atoms with Crippen molar-refractivity contribution >= 4 is 27.6 Å². The lowest BCUT2D eigenvalue weighted by atomic mass is 9.70. The Morgan fingerprint density at radius 3 is 2.55 bits per heavy atom. The fraction of sp³-hybridized carbons (Fsp3) is 0.571. The molecular weight excluding hydrogens is 412 g/mol. The first-order valence-corrected chi connectivity index (χ1v) is 12.1. The summed E-state index contributed by atoms with van der Waals surface area (Å²) in [6.45, 7) is 2.66. The summed E-state index contributed by atoms with van der Waals surface area (Å²) in [7, 11) is -3.69. The third-order valence-corrected chi connectivity index (χ3v) is 8.84. The lowest BCUT2D eigenvalue weighted by Gasteiger charge is -2.56. The monoisotopic (exact) mass is 438 g/mol. The van der Waals surface area contributed by atoms with Crippen molar-refractivity contribution in [1.82, 2.24) is 9.21 Å². The minimum absolute atomic E-state index is 0.225. The Bertz CT molecular complexity index is 884. The molecule has 8 heteroatoms. The van der Waals surface area contributed by atoms with Crippen molar-refractivity contribution < 1.29 is 18.3 Å². The van der Waals surface area contributed by atoms with Gasteiger partial charge >= 0.3 is 5.97 Å². The van der Waals surface area contributed by atoms with Crippen molar-refractivity contribution in [1.29, 1.82) is 0 Å². The molecule has 6 nitrogen and oxygen atoms in total. The van der Waals surface area contributed by atoms with Gasteiger partial charge in [0.25, 0.3) is 0 Å². The number of carbonyl (C=O) groups is 1. The van der Waals surface area contributed by atoms with Gasteiger partial charge in [-0.25, -0.2) is 13.2 Å². The minimum atomic E-state index is -3.69. The quantitative estimate of drug-likeness (QED) is 0.714. The van der Waals surface area contributed by atoms with Crippen LogP contribution in [0, 0.1) is 11.8 Å². The number of hydrogen-bond acceptors (Lipinski definition) is 4. The molecular formula is C21H27ClN2O4S. The molecule has 0 aromatic heterocycles. The molecule has 3 heterocycles. The van der Waals surface area contributed by atoms with Crippen molar-refractivity contribution in [2.45, 2.75) is 49.1 Å². The number of sulfonamides is 1. The predicted molar refractivity (Wildman–Crippen MR) is 111 cm³/mol. The Hall–Kier alpha value is -1.41. The van der Waals surface area contributed by atoms with Crippen molar-refractivity contribution in [3.05, 3.63) is 41.4 Å². The molecule has 0 unspecified atom stereocenters. The highest BCUT2D eigenvalue weighted by Gasteiger charge is 2.51. The van der Waals surface area contributed by atoms with E-state index in [-0.39, 0.29) is 16.9 Å². The molecule has 3 aliphatic rings. The van der Waals surface area contributed by atoms with Crippen LogP contribution in [0.25, 0.3) is 0 Å². The van der Waals surface area contributed by atoms with Gasteiger partial charge in [0.05, 0.1) is 4.90 Å². The first-order chi connectivity index (χ1) is 13.9. The molecule has 0 spiro atoms. The summed E-state index contributed by atoms with van der Waals surface area (Å²) < 4.78 is 28.8. The van der Waals surface area contributed by atoms with E-state index in [0.29, 0.717) is 29.9 Å². The maximum atomic E-state index is 13.6.